The quantitative estimate of drug-likeness (QED) is 0.633. The van der Waals surface area contributed by atoms with E-state index in [1.54, 1.807) is 12.1 Å². The van der Waals surface area contributed by atoms with Crippen LogP contribution >= 0.6 is 0 Å². The highest BCUT2D eigenvalue weighted by Gasteiger charge is 2.15. The summed E-state index contributed by atoms with van der Waals surface area (Å²) in [5.74, 6) is -0.346. The van der Waals surface area contributed by atoms with Gasteiger partial charge in [-0.05, 0) is 31.0 Å². The first-order valence-corrected chi connectivity index (χ1v) is 7.76. The lowest BCUT2D eigenvalue weighted by atomic mass is 10.1. The van der Waals surface area contributed by atoms with E-state index in [1.165, 1.54) is 6.92 Å². The molecule has 0 fully saturated rings. The second kappa shape index (κ2) is 6.53. The number of amides is 1. The van der Waals surface area contributed by atoms with Gasteiger partial charge in [-0.3, -0.25) is 4.79 Å². The molecule has 4 N–H and O–H groups in total. The molecule has 1 aromatic carbocycles. The van der Waals surface area contributed by atoms with Crippen LogP contribution in [0.5, 0.6) is 0 Å². The molecular weight excluding hydrogens is 266 g/mol. The van der Waals surface area contributed by atoms with Crippen LogP contribution < -0.4 is 15.8 Å². The van der Waals surface area contributed by atoms with Crippen molar-refractivity contribution in [3.05, 3.63) is 29.8 Å². The number of nitrogens with two attached hydrogens (primary N) is 1. The zero-order valence-electron chi connectivity index (χ0n) is 11.0. The fraction of sp³-hybridized carbons (Fsp3) is 0.417. The van der Waals surface area contributed by atoms with Crippen molar-refractivity contribution in [3.8, 4) is 0 Å². The maximum Gasteiger partial charge on any atom is 0.237 e. The van der Waals surface area contributed by atoms with Crippen molar-refractivity contribution >= 4 is 21.6 Å². The van der Waals surface area contributed by atoms with Crippen LogP contribution in [0, 0.1) is 0 Å². The Hall–Kier alpha value is -1.60. The Morgan fingerprint density at radius 1 is 1.32 bits per heavy atom. The van der Waals surface area contributed by atoms with Crippen LogP contribution in [0.2, 0.25) is 0 Å². The van der Waals surface area contributed by atoms with Crippen LogP contribution in [0.15, 0.2) is 24.3 Å². The largest absolute Gasteiger partial charge is 0.399 e. The highest BCUT2D eigenvalue weighted by Crippen LogP contribution is 2.05. The fourth-order valence-corrected chi connectivity index (χ4v) is 2.29. The van der Waals surface area contributed by atoms with Gasteiger partial charge in [0.2, 0.25) is 15.9 Å². The number of nitrogen functional groups attached to an aromatic ring is 1. The summed E-state index contributed by atoms with van der Waals surface area (Å²) < 4.78 is 24.2. The molecule has 0 aliphatic heterocycles. The number of sulfonamides is 1. The van der Waals surface area contributed by atoms with Crippen molar-refractivity contribution in [1.29, 1.82) is 0 Å². The lowest BCUT2D eigenvalue weighted by Crippen LogP contribution is -2.44. The number of nitrogens with one attached hydrogen (secondary N) is 2. The zero-order chi connectivity index (χ0) is 14.5. The molecular formula is C12H19N3O3S. The molecule has 1 rings (SSSR count). The highest BCUT2D eigenvalue weighted by molar-refractivity contribution is 7.88. The van der Waals surface area contributed by atoms with E-state index in [9.17, 15) is 13.2 Å². The van der Waals surface area contributed by atoms with E-state index in [0.29, 0.717) is 18.7 Å². The molecule has 1 atom stereocenters. The maximum absolute atomic E-state index is 11.6. The van der Waals surface area contributed by atoms with E-state index < -0.39 is 16.1 Å². The molecule has 1 aromatic rings. The summed E-state index contributed by atoms with van der Waals surface area (Å²) in [6, 6.07) is 6.59. The molecule has 0 aromatic heterocycles. The van der Waals surface area contributed by atoms with Crippen LogP contribution in [0.3, 0.4) is 0 Å². The number of benzene rings is 1. The summed E-state index contributed by atoms with van der Waals surface area (Å²) in [6.45, 7) is 1.94. The van der Waals surface area contributed by atoms with Crippen molar-refractivity contribution in [1.82, 2.24) is 10.0 Å². The summed E-state index contributed by atoms with van der Waals surface area (Å²) in [7, 11) is -3.38. The SMILES string of the molecule is CC(NS(C)(=O)=O)C(=O)NCCc1ccc(N)cc1. The number of hydrogen-bond acceptors (Lipinski definition) is 4. The van der Waals surface area contributed by atoms with Gasteiger partial charge in [0.25, 0.3) is 0 Å². The van der Waals surface area contributed by atoms with Crippen molar-refractivity contribution in [3.63, 3.8) is 0 Å². The molecule has 1 unspecified atom stereocenters. The van der Waals surface area contributed by atoms with Gasteiger partial charge in [0.1, 0.15) is 0 Å². The molecule has 0 aliphatic rings. The van der Waals surface area contributed by atoms with Crippen LogP contribution in [-0.2, 0) is 21.2 Å². The first kappa shape index (κ1) is 15.5. The Balaban J connectivity index is 2.36. The number of carbonyl (C=O) groups is 1. The van der Waals surface area contributed by atoms with Gasteiger partial charge >= 0.3 is 0 Å². The Morgan fingerprint density at radius 2 is 1.89 bits per heavy atom. The Bertz CT molecular complexity index is 526. The maximum atomic E-state index is 11.6. The topological polar surface area (TPSA) is 101 Å². The van der Waals surface area contributed by atoms with Gasteiger partial charge in [0.05, 0.1) is 12.3 Å². The van der Waals surface area contributed by atoms with Gasteiger partial charge in [-0.2, -0.15) is 0 Å². The molecule has 0 aliphatic carbocycles. The van der Waals surface area contributed by atoms with Gasteiger partial charge < -0.3 is 11.1 Å². The average molecular weight is 285 g/mol. The van der Waals surface area contributed by atoms with Crippen LogP contribution in [0.1, 0.15) is 12.5 Å². The molecule has 106 valence electrons. The molecule has 0 saturated carbocycles. The predicted molar refractivity (Wildman–Crippen MR) is 75.0 cm³/mol. The van der Waals surface area contributed by atoms with Crippen molar-refractivity contribution in [2.75, 3.05) is 18.5 Å². The summed E-state index contributed by atoms with van der Waals surface area (Å²) in [5, 5.41) is 2.67. The third-order valence-corrected chi connectivity index (χ3v) is 3.26. The number of hydrogen-bond donors (Lipinski definition) is 3. The van der Waals surface area contributed by atoms with Gasteiger partial charge in [-0.25, -0.2) is 13.1 Å². The number of anilines is 1. The molecule has 6 nitrogen and oxygen atoms in total. The molecule has 1 amide bonds. The van der Waals surface area contributed by atoms with Crippen LogP contribution in [0.4, 0.5) is 5.69 Å². The Morgan fingerprint density at radius 3 is 2.42 bits per heavy atom. The van der Waals surface area contributed by atoms with Crippen molar-refractivity contribution < 1.29 is 13.2 Å². The highest BCUT2D eigenvalue weighted by atomic mass is 32.2. The molecule has 0 heterocycles. The standard InChI is InChI=1S/C12H19N3O3S/c1-9(15-19(2,17)18)12(16)14-8-7-10-3-5-11(13)6-4-10/h3-6,9,15H,7-8,13H2,1-2H3,(H,14,16). The zero-order valence-corrected chi connectivity index (χ0v) is 11.8. The lowest BCUT2D eigenvalue weighted by molar-refractivity contribution is -0.122. The molecule has 0 spiro atoms. The van der Waals surface area contributed by atoms with Crippen molar-refractivity contribution in [2.24, 2.45) is 0 Å². The van der Waals surface area contributed by atoms with E-state index >= 15 is 0 Å². The Labute approximate surface area is 113 Å². The van der Waals surface area contributed by atoms with E-state index in [-0.39, 0.29) is 5.91 Å². The van der Waals surface area contributed by atoms with E-state index in [1.807, 2.05) is 12.1 Å². The number of carbonyl (C=O) groups excluding carboxylic acids is 1. The van der Waals surface area contributed by atoms with Gasteiger partial charge in [0.15, 0.2) is 0 Å². The summed E-state index contributed by atoms with van der Waals surface area (Å²) in [4.78, 5) is 11.6. The second-order valence-electron chi connectivity index (χ2n) is 4.39. The van der Waals surface area contributed by atoms with Crippen LogP contribution in [0.25, 0.3) is 0 Å². The second-order valence-corrected chi connectivity index (χ2v) is 6.17. The summed E-state index contributed by atoms with van der Waals surface area (Å²) in [5.41, 5.74) is 7.31. The van der Waals surface area contributed by atoms with E-state index in [4.69, 9.17) is 5.73 Å². The Kier molecular flexibility index (Phi) is 5.31. The molecule has 19 heavy (non-hydrogen) atoms. The minimum Gasteiger partial charge on any atom is -0.399 e. The fourth-order valence-electron chi connectivity index (χ4n) is 1.54. The smallest absolute Gasteiger partial charge is 0.237 e. The summed E-state index contributed by atoms with van der Waals surface area (Å²) >= 11 is 0. The minimum absolute atomic E-state index is 0.346. The first-order chi connectivity index (χ1) is 8.78. The van der Waals surface area contributed by atoms with Crippen LogP contribution in [-0.4, -0.2) is 33.2 Å². The van der Waals surface area contributed by atoms with Gasteiger partial charge in [-0.15, -0.1) is 0 Å². The molecule has 0 bridgehead atoms. The van der Waals surface area contributed by atoms with E-state index in [0.717, 1.165) is 11.8 Å². The predicted octanol–water partition coefficient (Wildman–Crippen LogP) is -0.135. The monoisotopic (exact) mass is 285 g/mol. The average Bonchev–Trinajstić information content (AvgIpc) is 2.29. The van der Waals surface area contributed by atoms with Gasteiger partial charge in [-0.1, -0.05) is 12.1 Å². The van der Waals surface area contributed by atoms with Crippen molar-refractivity contribution in [2.45, 2.75) is 19.4 Å². The normalized spacial score (nSPS) is 12.9. The molecule has 7 heteroatoms. The summed E-state index contributed by atoms with van der Waals surface area (Å²) in [6.07, 6.45) is 1.68. The third-order valence-electron chi connectivity index (χ3n) is 2.48. The third kappa shape index (κ3) is 6.21. The molecule has 0 saturated heterocycles. The number of rotatable bonds is 6. The minimum atomic E-state index is -3.38. The van der Waals surface area contributed by atoms with Gasteiger partial charge in [0, 0.05) is 12.2 Å². The molecule has 0 radical (unpaired) electrons. The lowest BCUT2D eigenvalue weighted by Gasteiger charge is -2.12. The first-order valence-electron chi connectivity index (χ1n) is 5.87. The van der Waals surface area contributed by atoms with E-state index in [2.05, 4.69) is 10.0 Å².